The third kappa shape index (κ3) is 4.98. The minimum atomic E-state index is -0.0975. The summed E-state index contributed by atoms with van der Waals surface area (Å²) in [4.78, 5) is 36.5. The largest absolute Gasteiger partial charge is 0.374 e. The van der Waals surface area contributed by atoms with Gasteiger partial charge in [-0.25, -0.2) is 9.97 Å². The molecule has 8 nitrogen and oxygen atoms in total. The number of pyridine rings is 1. The lowest BCUT2D eigenvalue weighted by Crippen LogP contribution is -2.38. The average Bonchev–Trinajstić information content (AvgIpc) is 3.28. The number of aldehydes is 1. The Morgan fingerprint density at radius 3 is 2.63 bits per heavy atom. The van der Waals surface area contributed by atoms with Gasteiger partial charge in [0.05, 0.1) is 17.8 Å². The van der Waals surface area contributed by atoms with Crippen molar-refractivity contribution < 1.29 is 9.53 Å². The number of hydrogen-bond acceptors (Lipinski definition) is 7. The Bertz CT molecular complexity index is 1240. The summed E-state index contributed by atoms with van der Waals surface area (Å²) in [6, 6.07) is 11.2. The van der Waals surface area contributed by atoms with Crippen LogP contribution in [-0.4, -0.2) is 52.7 Å². The average molecular weight is 476 g/mol. The van der Waals surface area contributed by atoms with E-state index in [4.69, 9.17) is 9.72 Å². The molecule has 3 heterocycles. The molecular formula is C27H33N5O3. The fourth-order valence-electron chi connectivity index (χ4n) is 4.72. The van der Waals surface area contributed by atoms with E-state index in [1.165, 1.54) is 0 Å². The van der Waals surface area contributed by atoms with E-state index in [9.17, 15) is 9.59 Å². The minimum Gasteiger partial charge on any atom is -0.374 e. The van der Waals surface area contributed by atoms with E-state index >= 15 is 0 Å². The van der Waals surface area contributed by atoms with Crippen LogP contribution in [0.25, 0.3) is 11.4 Å². The van der Waals surface area contributed by atoms with Gasteiger partial charge in [0.2, 0.25) is 0 Å². The standard InChI is InChI=1S/C27H33N5O3/c1-5-21-25(29-22-15-31(16-23(22)35-7-3)24-10-8-9-13-28-24)27(34)32(6-2)26(30-21)20-12-11-19(17-33)14-18(20)4/h8-14,17,22-23,29H,5-7,15-16H2,1-4H3/t22?,23-/m0/s1. The van der Waals surface area contributed by atoms with Gasteiger partial charge in [-0.15, -0.1) is 0 Å². The van der Waals surface area contributed by atoms with Crippen LogP contribution in [0.5, 0.6) is 0 Å². The van der Waals surface area contributed by atoms with Gasteiger partial charge in [0.1, 0.15) is 23.6 Å². The summed E-state index contributed by atoms with van der Waals surface area (Å²) < 4.78 is 7.75. The molecule has 0 bridgehead atoms. The van der Waals surface area contributed by atoms with Gasteiger partial charge in [-0.05, 0) is 51.0 Å². The van der Waals surface area contributed by atoms with Crippen LogP contribution >= 0.6 is 0 Å². The van der Waals surface area contributed by atoms with Crippen molar-refractivity contribution in [3.63, 3.8) is 0 Å². The molecule has 0 spiro atoms. The van der Waals surface area contributed by atoms with E-state index in [2.05, 4.69) is 15.2 Å². The van der Waals surface area contributed by atoms with Crippen molar-refractivity contribution in [3.05, 3.63) is 69.8 Å². The van der Waals surface area contributed by atoms with Gasteiger partial charge >= 0.3 is 0 Å². The quantitative estimate of drug-likeness (QED) is 0.472. The number of nitrogens with zero attached hydrogens (tertiary/aromatic N) is 4. The molecule has 0 saturated carbocycles. The van der Waals surface area contributed by atoms with Gasteiger partial charge < -0.3 is 15.0 Å². The first-order valence-corrected chi connectivity index (χ1v) is 12.2. The highest BCUT2D eigenvalue weighted by Gasteiger charge is 2.35. The minimum absolute atomic E-state index is 0.0819. The zero-order valence-electron chi connectivity index (χ0n) is 20.8. The molecule has 1 unspecified atom stereocenters. The summed E-state index contributed by atoms with van der Waals surface area (Å²) in [5.74, 6) is 1.52. The molecule has 1 aliphatic rings. The Hall–Kier alpha value is -3.52. The van der Waals surface area contributed by atoms with E-state index in [0.29, 0.717) is 49.7 Å². The van der Waals surface area contributed by atoms with Crippen molar-refractivity contribution in [1.29, 1.82) is 0 Å². The monoisotopic (exact) mass is 475 g/mol. The molecule has 0 aliphatic carbocycles. The number of aryl methyl sites for hydroxylation is 2. The molecule has 1 N–H and O–H groups in total. The maximum Gasteiger partial charge on any atom is 0.277 e. The molecule has 35 heavy (non-hydrogen) atoms. The molecule has 1 saturated heterocycles. The third-order valence-corrected chi connectivity index (χ3v) is 6.47. The SMILES string of the molecule is CCO[C@H]1CN(c2ccccn2)CC1Nc1c(CC)nc(-c2ccc(C=O)cc2C)n(CC)c1=O. The van der Waals surface area contributed by atoms with Crippen LogP contribution < -0.4 is 15.8 Å². The molecular weight excluding hydrogens is 442 g/mol. The predicted molar refractivity (Wildman–Crippen MR) is 138 cm³/mol. The molecule has 1 aliphatic heterocycles. The lowest BCUT2D eigenvalue weighted by Gasteiger charge is -2.23. The molecule has 4 rings (SSSR count). The second-order valence-electron chi connectivity index (χ2n) is 8.69. The van der Waals surface area contributed by atoms with Crippen LogP contribution in [-0.2, 0) is 17.7 Å². The Labute approximate surface area is 206 Å². The molecule has 1 aromatic carbocycles. The van der Waals surface area contributed by atoms with E-state index in [-0.39, 0.29) is 17.7 Å². The first-order chi connectivity index (χ1) is 17.0. The second-order valence-corrected chi connectivity index (χ2v) is 8.69. The summed E-state index contributed by atoms with van der Waals surface area (Å²) >= 11 is 0. The van der Waals surface area contributed by atoms with Gasteiger partial charge in [0.15, 0.2) is 0 Å². The number of benzene rings is 1. The van der Waals surface area contributed by atoms with E-state index < -0.39 is 0 Å². The number of carbonyl (C=O) groups excluding carboxylic acids is 1. The maximum absolute atomic E-state index is 13.7. The Balaban J connectivity index is 1.72. The van der Waals surface area contributed by atoms with Gasteiger partial charge in [-0.3, -0.25) is 14.2 Å². The van der Waals surface area contributed by atoms with Crippen LogP contribution in [0.4, 0.5) is 11.5 Å². The molecule has 3 aromatic rings. The van der Waals surface area contributed by atoms with Crippen molar-refractivity contribution in [1.82, 2.24) is 14.5 Å². The maximum atomic E-state index is 13.7. The normalized spacial score (nSPS) is 17.5. The van der Waals surface area contributed by atoms with Gasteiger partial charge in [0.25, 0.3) is 5.56 Å². The lowest BCUT2D eigenvalue weighted by atomic mass is 10.0. The number of ether oxygens (including phenoxy) is 1. The topological polar surface area (TPSA) is 89.3 Å². The Morgan fingerprint density at radius 2 is 2.00 bits per heavy atom. The fraction of sp³-hybridized carbons (Fsp3) is 0.407. The summed E-state index contributed by atoms with van der Waals surface area (Å²) in [5.41, 5.74) is 3.51. The highest BCUT2D eigenvalue weighted by molar-refractivity contribution is 5.77. The summed E-state index contributed by atoms with van der Waals surface area (Å²) in [5, 5.41) is 3.51. The third-order valence-electron chi connectivity index (χ3n) is 6.47. The van der Waals surface area contributed by atoms with Gasteiger partial charge in [-0.1, -0.05) is 25.1 Å². The van der Waals surface area contributed by atoms with Gasteiger partial charge in [0, 0.05) is 43.6 Å². The zero-order valence-corrected chi connectivity index (χ0v) is 20.8. The number of hydrogen-bond donors (Lipinski definition) is 1. The second kappa shape index (κ2) is 10.8. The highest BCUT2D eigenvalue weighted by Crippen LogP contribution is 2.26. The molecule has 1 fully saturated rings. The van der Waals surface area contributed by atoms with Crippen molar-refractivity contribution in [2.75, 3.05) is 29.9 Å². The predicted octanol–water partition coefficient (Wildman–Crippen LogP) is 3.71. The Kier molecular flexibility index (Phi) is 7.60. The van der Waals surface area contributed by atoms with Crippen LogP contribution in [0.15, 0.2) is 47.4 Å². The lowest BCUT2D eigenvalue weighted by molar-refractivity contribution is 0.0719. The van der Waals surface area contributed by atoms with Crippen LogP contribution in [0.1, 0.15) is 42.4 Å². The van der Waals surface area contributed by atoms with Crippen molar-refractivity contribution >= 4 is 17.8 Å². The molecule has 2 aromatic heterocycles. The van der Waals surface area contributed by atoms with Crippen LogP contribution in [0.3, 0.4) is 0 Å². The van der Waals surface area contributed by atoms with Gasteiger partial charge in [-0.2, -0.15) is 0 Å². The molecule has 0 amide bonds. The van der Waals surface area contributed by atoms with E-state index in [1.54, 1.807) is 16.8 Å². The van der Waals surface area contributed by atoms with E-state index in [1.807, 2.05) is 58.0 Å². The fourth-order valence-corrected chi connectivity index (χ4v) is 4.72. The van der Waals surface area contributed by atoms with Crippen molar-refractivity contribution in [2.24, 2.45) is 0 Å². The van der Waals surface area contributed by atoms with E-state index in [0.717, 1.165) is 28.9 Å². The zero-order chi connectivity index (χ0) is 24.9. The smallest absolute Gasteiger partial charge is 0.277 e. The summed E-state index contributed by atoms with van der Waals surface area (Å²) in [6.45, 7) is 10.3. The highest BCUT2D eigenvalue weighted by atomic mass is 16.5. The molecule has 184 valence electrons. The number of aromatic nitrogens is 3. The first-order valence-electron chi connectivity index (χ1n) is 12.2. The number of anilines is 2. The molecule has 8 heteroatoms. The summed E-state index contributed by atoms with van der Waals surface area (Å²) in [7, 11) is 0. The van der Waals surface area contributed by atoms with Crippen LogP contribution in [0, 0.1) is 6.92 Å². The number of nitrogens with one attached hydrogen (secondary N) is 1. The molecule has 2 atom stereocenters. The van der Waals surface area contributed by atoms with Crippen molar-refractivity contribution in [3.8, 4) is 11.4 Å². The number of carbonyl (C=O) groups is 1. The van der Waals surface area contributed by atoms with Crippen molar-refractivity contribution in [2.45, 2.75) is 52.8 Å². The number of rotatable bonds is 9. The first kappa shape index (κ1) is 24.6. The Morgan fingerprint density at radius 1 is 1.17 bits per heavy atom. The summed E-state index contributed by atoms with van der Waals surface area (Å²) in [6.07, 6.45) is 3.13. The van der Waals surface area contributed by atoms with Crippen LogP contribution in [0.2, 0.25) is 0 Å². The molecule has 0 radical (unpaired) electrons.